The van der Waals surface area contributed by atoms with Gasteiger partial charge in [0.15, 0.2) is 16.7 Å². The molecular formula is C20H16BrFN2O3S. The van der Waals surface area contributed by atoms with Gasteiger partial charge in [0.25, 0.3) is 5.91 Å². The van der Waals surface area contributed by atoms with E-state index >= 15 is 0 Å². The molecule has 0 radical (unpaired) electrons. The number of halogens is 2. The van der Waals surface area contributed by atoms with Crippen molar-refractivity contribution in [2.75, 3.05) is 4.90 Å². The topological polar surface area (TPSA) is 59.5 Å². The fourth-order valence-corrected chi connectivity index (χ4v) is 5.67. The van der Waals surface area contributed by atoms with Crippen LogP contribution < -0.4 is 4.90 Å². The molecule has 28 heavy (non-hydrogen) atoms. The van der Waals surface area contributed by atoms with Crippen LogP contribution in [-0.4, -0.2) is 27.6 Å². The number of hydrogen-bond donors (Lipinski definition) is 0. The molecule has 2 aromatic rings. The first-order valence-electron chi connectivity index (χ1n) is 9.13. The number of amides is 1. The van der Waals surface area contributed by atoms with Gasteiger partial charge in [-0.25, -0.2) is 9.37 Å². The maximum atomic E-state index is 14.7. The molecule has 4 atom stereocenters. The largest absolute Gasteiger partial charge is 0.483 e. The van der Waals surface area contributed by atoms with Gasteiger partial charge in [-0.15, -0.1) is 11.3 Å². The molecule has 1 amide bonds. The van der Waals surface area contributed by atoms with Crippen molar-refractivity contribution in [3.63, 3.8) is 0 Å². The van der Waals surface area contributed by atoms with Crippen LogP contribution in [0.25, 0.3) is 0 Å². The van der Waals surface area contributed by atoms with Crippen molar-refractivity contribution in [1.29, 1.82) is 0 Å². The predicted octanol–water partition coefficient (Wildman–Crippen LogP) is 4.16. The normalized spacial score (nSPS) is 29.6. The van der Waals surface area contributed by atoms with E-state index in [1.807, 2.05) is 0 Å². The summed E-state index contributed by atoms with van der Waals surface area (Å²) in [6, 6.07) is 5.37. The third-order valence-electron chi connectivity index (χ3n) is 5.61. The molecule has 3 heterocycles. The van der Waals surface area contributed by atoms with E-state index < -0.39 is 17.8 Å². The number of aromatic nitrogens is 1. The molecule has 5 rings (SSSR count). The van der Waals surface area contributed by atoms with Crippen LogP contribution in [0.1, 0.15) is 30.9 Å². The number of alkyl halides is 1. The smallest absolute Gasteiger partial charge is 0.296 e. The summed E-state index contributed by atoms with van der Waals surface area (Å²) in [7, 11) is 0. The second kappa shape index (κ2) is 6.77. The minimum atomic E-state index is -0.862. The first-order chi connectivity index (χ1) is 13.6. The first kappa shape index (κ1) is 18.0. The van der Waals surface area contributed by atoms with Gasteiger partial charge < -0.3 is 4.74 Å². The van der Waals surface area contributed by atoms with Gasteiger partial charge in [-0.2, -0.15) is 0 Å². The van der Waals surface area contributed by atoms with Gasteiger partial charge in [-0.1, -0.05) is 34.1 Å². The number of rotatable bonds is 2. The van der Waals surface area contributed by atoms with E-state index in [4.69, 9.17) is 4.74 Å². The zero-order valence-corrected chi connectivity index (χ0v) is 17.1. The molecule has 0 bridgehead atoms. The molecule has 0 N–H and O–H groups in total. The number of benzene rings is 1. The average Bonchev–Trinajstić information content (AvgIpc) is 3.30. The van der Waals surface area contributed by atoms with Crippen LogP contribution in [0.2, 0.25) is 0 Å². The van der Waals surface area contributed by atoms with Crippen molar-refractivity contribution in [3.8, 4) is 0 Å². The number of thiazole rings is 1. The lowest BCUT2D eigenvalue weighted by molar-refractivity contribution is -0.131. The van der Waals surface area contributed by atoms with Crippen LogP contribution >= 0.6 is 27.3 Å². The molecule has 0 spiro atoms. The Hall–Kier alpha value is -2.06. The molecule has 5 nitrogen and oxygen atoms in total. The highest BCUT2D eigenvalue weighted by Gasteiger charge is 2.54. The molecule has 8 heteroatoms. The summed E-state index contributed by atoms with van der Waals surface area (Å²) in [4.78, 5) is 32.6. The van der Waals surface area contributed by atoms with E-state index in [0.717, 1.165) is 6.42 Å². The monoisotopic (exact) mass is 462 g/mol. The highest BCUT2D eigenvalue weighted by molar-refractivity contribution is 9.09. The SMILES string of the molecule is O=C1C2=C(OC3CCC(Br)CC13)C(=O)N(c1nccs1)C2c1ccccc1F. The second-order valence-corrected chi connectivity index (χ2v) is 9.36. The Labute approximate surface area is 173 Å². The summed E-state index contributed by atoms with van der Waals surface area (Å²) in [6.07, 6.45) is 3.52. The number of carbonyl (C=O) groups excluding carboxylic acids is 2. The van der Waals surface area contributed by atoms with E-state index in [1.165, 1.54) is 22.3 Å². The minimum Gasteiger partial charge on any atom is -0.483 e. The van der Waals surface area contributed by atoms with E-state index in [-0.39, 0.29) is 39.5 Å². The molecule has 1 aromatic heterocycles. The van der Waals surface area contributed by atoms with Gasteiger partial charge in [0, 0.05) is 22.0 Å². The first-order valence-corrected chi connectivity index (χ1v) is 10.9. The summed E-state index contributed by atoms with van der Waals surface area (Å²) >= 11 is 4.88. The maximum absolute atomic E-state index is 14.7. The summed E-state index contributed by atoms with van der Waals surface area (Å²) < 4.78 is 20.8. The Morgan fingerprint density at radius 3 is 2.82 bits per heavy atom. The van der Waals surface area contributed by atoms with Crippen molar-refractivity contribution in [2.24, 2.45) is 5.92 Å². The fraction of sp³-hybridized carbons (Fsp3) is 0.350. The van der Waals surface area contributed by atoms with Crippen molar-refractivity contribution in [3.05, 3.63) is 58.6 Å². The number of Topliss-reactive ketones (excluding diaryl/α,β-unsaturated/α-hetero) is 1. The zero-order valence-electron chi connectivity index (χ0n) is 14.7. The number of anilines is 1. The van der Waals surface area contributed by atoms with E-state index in [9.17, 15) is 14.0 Å². The standard InChI is InChI=1S/C20H16BrFN2O3S/c21-10-5-6-14-12(9-10)17(25)15-16(11-3-1-2-4-13(11)22)24(19(26)18(15)27-14)20-23-7-8-28-20/h1-4,7-8,10,12,14,16H,5-6,9H2. The summed E-state index contributed by atoms with van der Waals surface area (Å²) in [6.45, 7) is 0. The van der Waals surface area contributed by atoms with Crippen molar-refractivity contribution < 1.29 is 18.7 Å². The van der Waals surface area contributed by atoms with E-state index in [1.54, 1.807) is 29.8 Å². The lowest BCUT2D eigenvalue weighted by atomic mass is 9.77. The lowest BCUT2D eigenvalue weighted by Crippen LogP contribution is -2.41. The van der Waals surface area contributed by atoms with Crippen LogP contribution in [0.3, 0.4) is 0 Å². The molecule has 4 unspecified atom stereocenters. The molecule has 1 saturated carbocycles. The van der Waals surface area contributed by atoms with Gasteiger partial charge >= 0.3 is 0 Å². The molecule has 2 aliphatic heterocycles. The minimum absolute atomic E-state index is 0.0581. The highest BCUT2D eigenvalue weighted by Crippen LogP contribution is 2.49. The number of ketones is 1. The van der Waals surface area contributed by atoms with Crippen LogP contribution in [0.15, 0.2) is 47.2 Å². The second-order valence-electron chi connectivity index (χ2n) is 7.19. The molecule has 144 valence electrons. The third-order valence-corrected chi connectivity index (χ3v) is 7.21. The summed E-state index contributed by atoms with van der Waals surface area (Å²) in [5.41, 5.74) is 0.533. The Balaban J connectivity index is 1.67. The molecule has 3 aliphatic rings. The molecule has 1 aliphatic carbocycles. The number of fused-ring (bicyclic) bond motifs is 1. The number of carbonyl (C=O) groups is 2. The Bertz CT molecular complexity index is 993. The van der Waals surface area contributed by atoms with Crippen LogP contribution in [0.5, 0.6) is 0 Å². The van der Waals surface area contributed by atoms with E-state index in [2.05, 4.69) is 20.9 Å². The molecule has 1 aromatic carbocycles. The molecule has 1 fully saturated rings. The highest BCUT2D eigenvalue weighted by atomic mass is 79.9. The molecule has 0 saturated heterocycles. The van der Waals surface area contributed by atoms with Gasteiger partial charge in [0.2, 0.25) is 0 Å². The zero-order chi connectivity index (χ0) is 19.4. The fourth-order valence-electron chi connectivity index (χ4n) is 4.34. The maximum Gasteiger partial charge on any atom is 0.296 e. The predicted molar refractivity (Wildman–Crippen MR) is 106 cm³/mol. The van der Waals surface area contributed by atoms with Gasteiger partial charge in [0.1, 0.15) is 18.0 Å². The van der Waals surface area contributed by atoms with Gasteiger partial charge in [-0.05, 0) is 25.3 Å². The number of ether oxygens (including phenoxy) is 1. The van der Waals surface area contributed by atoms with Crippen molar-refractivity contribution in [2.45, 2.75) is 36.2 Å². The summed E-state index contributed by atoms with van der Waals surface area (Å²) in [5.74, 6) is -1.27. The summed E-state index contributed by atoms with van der Waals surface area (Å²) in [5, 5.41) is 2.17. The Kier molecular flexibility index (Phi) is 4.35. The van der Waals surface area contributed by atoms with Gasteiger partial charge in [0.05, 0.1) is 11.5 Å². The van der Waals surface area contributed by atoms with Gasteiger partial charge in [-0.3, -0.25) is 14.5 Å². The lowest BCUT2D eigenvalue weighted by Gasteiger charge is -2.37. The quantitative estimate of drug-likeness (QED) is 0.628. The van der Waals surface area contributed by atoms with Crippen molar-refractivity contribution >= 4 is 44.1 Å². The van der Waals surface area contributed by atoms with Crippen LogP contribution in [-0.2, 0) is 14.3 Å². The average molecular weight is 463 g/mol. The Morgan fingerprint density at radius 2 is 2.07 bits per heavy atom. The number of hydrogen-bond acceptors (Lipinski definition) is 5. The van der Waals surface area contributed by atoms with Crippen molar-refractivity contribution in [1.82, 2.24) is 4.98 Å². The third kappa shape index (κ3) is 2.65. The molecular weight excluding hydrogens is 447 g/mol. The van der Waals surface area contributed by atoms with Crippen LogP contribution in [0, 0.1) is 11.7 Å². The van der Waals surface area contributed by atoms with Crippen LogP contribution in [0.4, 0.5) is 9.52 Å². The Morgan fingerprint density at radius 1 is 1.25 bits per heavy atom. The number of nitrogens with zero attached hydrogens (tertiary/aromatic N) is 2. The van der Waals surface area contributed by atoms with E-state index in [0.29, 0.717) is 18.0 Å².